The Bertz CT molecular complexity index is 655. The molecular weight excluding hydrogens is 306 g/mol. The summed E-state index contributed by atoms with van der Waals surface area (Å²) in [6.07, 6.45) is 2.06. The number of aromatic nitrogens is 1. The van der Waals surface area contributed by atoms with E-state index in [0.29, 0.717) is 12.5 Å². The average molecular weight is 329 g/mol. The zero-order valence-corrected chi connectivity index (χ0v) is 14.6. The fourth-order valence-corrected chi connectivity index (χ4v) is 3.97. The molecule has 122 valence electrons. The minimum Gasteiger partial charge on any atom is -0.324 e. The first kappa shape index (κ1) is 16.0. The summed E-state index contributed by atoms with van der Waals surface area (Å²) in [4.78, 5) is 20.9. The van der Waals surface area contributed by atoms with E-state index in [1.807, 2.05) is 42.0 Å². The molecule has 1 aliphatic heterocycles. The number of likely N-dealkylation sites (tertiary alicyclic amines) is 1. The molecule has 23 heavy (non-hydrogen) atoms. The quantitative estimate of drug-likeness (QED) is 0.860. The van der Waals surface area contributed by atoms with E-state index < -0.39 is 0 Å². The first-order chi connectivity index (χ1) is 11.1. The number of hydrogen-bond acceptors (Lipinski definition) is 3. The maximum atomic E-state index is 12.6. The number of aryl methyl sites for hydroxylation is 1. The second kappa shape index (κ2) is 7.13. The maximum absolute atomic E-state index is 12.6. The maximum Gasteiger partial charge on any atom is 0.320 e. The fraction of sp³-hybridized carbons (Fsp3) is 0.444. The highest BCUT2D eigenvalue weighted by atomic mass is 32.1. The van der Waals surface area contributed by atoms with Gasteiger partial charge < -0.3 is 9.80 Å². The van der Waals surface area contributed by atoms with E-state index in [9.17, 15) is 4.79 Å². The Morgan fingerprint density at radius 3 is 2.87 bits per heavy atom. The molecule has 1 aromatic heterocycles. The Morgan fingerprint density at radius 2 is 2.17 bits per heavy atom. The van der Waals surface area contributed by atoms with E-state index in [1.165, 1.54) is 5.01 Å². The van der Waals surface area contributed by atoms with Crippen LogP contribution in [0.2, 0.25) is 0 Å². The number of carbonyl (C=O) groups excluding carboxylic acids is 1. The van der Waals surface area contributed by atoms with Gasteiger partial charge in [-0.3, -0.25) is 0 Å². The third-order valence-corrected chi connectivity index (χ3v) is 5.26. The fourth-order valence-electron chi connectivity index (χ4n) is 3.08. The van der Waals surface area contributed by atoms with Gasteiger partial charge in [-0.25, -0.2) is 9.78 Å². The van der Waals surface area contributed by atoms with E-state index in [1.54, 1.807) is 11.3 Å². The minimum absolute atomic E-state index is 0.131. The lowest BCUT2D eigenvalue weighted by Gasteiger charge is -2.24. The highest BCUT2D eigenvalue weighted by molar-refractivity contribution is 7.09. The van der Waals surface area contributed by atoms with E-state index in [-0.39, 0.29) is 6.03 Å². The monoisotopic (exact) mass is 329 g/mol. The second-order valence-electron chi connectivity index (χ2n) is 6.31. The van der Waals surface area contributed by atoms with E-state index in [2.05, 4.69) is 22.5 Å². The molecule has 2 aromatic rings. The number of nitrogens with zero attached hydrogens (tertiary/aromatic N) is 3. The standard InChI is InChI=1S/C18H23N3OS/c1-14-13-23-17(19-14)10-16-8-9-21(12-16)18(22)20(2)11-15-6-4-3-5-7-15/h3-7,13,16H,8-12H2,1-2H3. The van der Waals surface area contributed by atoms with E-state index >= 15 is 0 Å². The molecule has 1 saturated heterocycles. The van der Waals surface area contributed by atoms with Gasteiger partial charge in [-0.1, -0.05) is 30.3 Å². The van der Waals surface area contributed by atoms with Crippen molar-refractivity contribution in [1.29, 1.82) is 0 Å². The summed E-state index contributed by atoms with van der Waals surface area (Å²) in [5, 5.41) is 3.29. The van der Waals surface area contributed by atoms with Gasteiger partial charge in [0.25, 0.3) is 0 Å². The lowest BCUT2D eigenvalue weighted by Crippen LogP contribution is -2.39. The van der Waals surface area contributed by atoms with Gasteiger partial charge in [0.15, 0.2) is 0 Å². The molecule has 0 saturated carbocycles. The molecule has 3 rings (SSSR count). The highest BCUT2D eigenvalue weighted by Crippen LogP contribution is 2.23. The van der Waals surface area contributed by atoms with Crippen LogP contribution >= 0.6 is 11.3 Å². The number of rotatable bonds is 4. The molecule has 0 bridgehead atoms. The van der Waals surface area contributed by atoms with Crippen LogP contribution in [0.4, 0.5) is 4.79 Å². The lowest BCUT2D eigenvalue weighted by molar-refractivity contribution is 0.169. The van der Waals surface area contributed by atoms with Crippen molar-refractivity contribution in [2.75, 3.05) is 20.1 Å². The molecule has 1 fully saturated rings. The molecule has 1 unspecified atom stereocenters. The molecule has 0 N–H and O–H groups in total. The summed E-state index contributed by atoms with van der Waals surface area (Å²) < 4.78 is 0. The lowest BCUT2D eigenvalue weighted by atomic mass is 10.1. The number of amides is 2. The Kier molecular flexibility index (Phi) is 4.96. The molecule has 2 amide bonds. The number of benzene rings is 1. The van der Waals surface area contributed by atoms with Crippen LogP contribution in [0, 0.1) is 12.8 Å². The predicted molar refractivity (Wildman–Crippen MR) is 93.5 cm³/mol. The van der Waals surface area contributed by atoms with Gasteiger partial charge >= 0.3 is 6.03 Å². The van der Waals surface area contributed by atoms with Gasteiger partial charge in [-0.15, -0.1) is 11.3 Å². The first-order valence-corrected chi connectivity index (χ1v) is 8.95. The van der Waals surface area contributed by atoms with Gasteiger partial charge in [-0.05, 0) is 24.8 Å². The molecule has 5 heteroatoms. The first-order valence-electron chi connectivity index (χ1n) is 8.07. The van der Waals surface area contributed by atoms with Crippen LogP contribution in [-0.4, -0.2) is 41.0 Å². The molecular formula is C18H23N3OS. The Balaban J connectivity index is 1.52. The average Bonchev–Trinajstić information content (AvgIpc) is 3.17. The summed E-state index contributed by atoms with van der Waals surface area (Å²) in [5.41, 5.74) is 2.26. The van der Waals surface area contributed by atoms with E-state index in [4.69, 9.17) is 0 Å². The summed E-state index contributed by atoms with van der Waals surface area (Å²) in [6, 6.07) is 10.3. The molecule has 4 nitrogen and oxygen atoms in total. The Morgan fingerprint density at radius 1 is 1.39 bits per heavy atom. The smallest absolute Gasteiger partial charge is 0.320 e. The number of urea groups is 1. The molecule has 1 aromatic carbocycles. The number of hydrogen-bond donors (Lipinski definition) is 0. The van der Waals surface area contributed by atoms with Gasteiger partial charge in [0.1, 0.15) is 0 Å². The highest BCUT2D eigenvalue weighted by Gasteiger charge is 2.28. The predicted octanol–water partition coefficient (Wildman–Crippen LogP) is 3.57. The van der Waals surface area contributed by atoms with E-state index in [0.717, 1.165) is 37.2 Å². The molecule has 0 aliphatic carbocycles. The molecule has 2 heterocycles. The SMILES string of the molecule is Cc1csc(CC2CCN(C(=O)N(C)Cc3ccccc3)C2)n1. The zero-order chi connectivity index (χ0) is 16.2. The Labute approximate surface area is 141 Å². The summed E-state index contributed by atoms with van der Waals surface area (Å²) >= 11 is 1.73. The molecule has 1 aliphatic rings. The second-order valence-corrected chi connectivity index (χ2v) is 7.25. The number of carbonyl (C=O) groups is 1. The molecule has 1 atom stereocenters. The number of thiazole rings is 1. The van der Waals surface area contributed by atoms with Crippen molar-refractivity contribution in [3.8, 4) is 0 Å². The zero-order valence-electron chi connectivity index (χ0n) is 13.7. The van der Waals surface area contributed by atoms with Gasteiger partial charge in [-0.2, -0.15) is 0 Å². The van der Waals surface area contributed by atoms with Crippen molar-refractivity contribution in [2.24, 2.45) is 5.92 Å². The van der Waals surface area contributed by atoms with Crippen LogP contribution in [0.15, 0.2) is 35.7 Å². The van der Waals surface area contributed by atoms with Gasteiger partial charge in [0, 0.05) is 44.2 Å². The topological polar surface area (TPSA) is 36.4 Å². The minimum atomic E-state index is 0.131. The molecule has 0 radical (unpaired) electrons. The van der Waals surface area contributed by atoms with Crippen LogP contribution in [0.25, 0.3) is 0 Å². The summed E-state index contributed by atoms with van der Waals surface area (Å²) in [6.45, 7) is 4.39. The molecule has 0 spiro atoms. The van der Waals surface area contributed by atoms with Crippen molar-refractivity contribution in [3.05, 3.63) is 52.0 Å². The normalized spacial score (nSPS) is 17.5. The van der Waals surface area contributed by atoms with Crippen LogP contribution in [0.3, 0.4) is 0 Å². The van der Waals surface area contributed by atoms with Gasteiger partial charge in [0.05, 0.1) is 5.01 Å². The van der Waals surface area contributed by atoms with Crippen molar-refractivity contribution in [1.82, 2.24) is 14.8 Å². The van der Waals surface area contributed by atoms with Gasteiger partial charge in [0.2, 0.25) is 0 Å². The van der Waals surface area contributed by atoms with Crippen molar-refractivity contribution in [2.45, 2.75) is 26.3 Å². The van der Waals surface area contributed by atoms with Crippen LogP contribution in [0.1, 0.15) is 22.7 Å². The Hall–Kier alpha value is -1.88. The van der Waals surface area contributed by atoms with Crippen LogP contribution in [-0.2, 0) is 13.0 Å². The summed E-state index contributed by atoms with van der Waals surface area (Å²) in [7, 11) is 1.88. The summed E-state index contributed by atoms with van der Waals surface area (Å²) in [5.74, 6) is 0.537. The van der Waals surface area contributed by atoms with Crippen molar-refractivity contribution >= 4 is 17.4 Å². The largest absolute Gasteiger partial charge is 0.324 e. The third-order valence-electron chi connectivity index (χ3n) is 4.28. The van der Waals surface area contributed by atoms with Crippen molar-refractivity contribution < 1.29 is 4.79 Å². The third kappa shape index (κ3) is 4.10. The van der Waals surface area contributed by atoms with Crippen molar-refractivity contribution in [3.63, 3.8) is 0 Å². The van der Waals surface area contributed by atoms with Crippen LogP contribution < -0.4 is 0 Å². The van der Waals surface area contributed by atoms with Crippen LogP contribution in [0.5, 0.6) is 0 Å².